The third-order valence-electron chi connectivity index (χ3n) is 1.99. The maximum Gasteiger partial charge on any atom is 0.162 e. The Bertz CT molecular complexity index is 347. The molecule has 0 N–H and O–H groups in total. The minimum Gasteiger partial charge on any atom is -0.493 e. The van der Waals surface area contributed by atoms with Crippen LogP contribution in [0.3, 0.4) is 0 Å². The summed E-state index contributed by atoms with van der Waals surface area (Å²) in [6.07, 6.45) is 1.23. The van der Waals surface area contributed by atoms with Gasteiger partial charge < -0.3 is 4.74 Å². The summed E-state index contributed by atoms with van der Waals surface area (Å²) in [7, 11) is 0. The molecule has 0 saturated heterocycles. The largest absolute Gasteiger partial charge is 0.493 e. The molecule has 0 bridgehead atoms. The summed E-state index contributed by atoms with van der Waals surface area (Å²) in [6.45, 7) is 4.25. The Hall–Kier alpha value is -1.38. The molecule has 0 radical (unpaired) electrons. The van der Waals surface area contributed by atoms with Crippen LogP contribution in [0.5, 0.6) is 5.75 Å². The summed E-state index contributed by atoms with van der Waals surface area (Å²) in [6, 6.07) is 4.12. The fourth-order valence-corrected chi connectivity index (χ4v) is 1.23. The zero-order valence-corrected chi connectivity index (χ0v) is 9.05. The van der Waals surface area contributed by atoms with E-state index in [-0.39, 0.29) is 5.78 Å². The monoisotopic (exact) mass is 210 g/mol. The van der Waals surface area contributed by atoms with E-state index >= 15 is 0 Å². The number of carbonyl (C=O) groups excluding carboxylic acids is 1. The highest BCUT2D eigenvalue weighted by atomic mass is 19.1. The molecule has 0 saturated carbocycles. The standard InChI is InChI=1S/C12H15FO2/c1-3-5-15-11-7-9(12(14)4-2)6-10(13)8-11/h6-8H,3-5H2,1-2H3. The van der Waals surface area contributed by atoms with Gasteiger partial charge in [0, 0.05) is 18.1 Å². The van der Waals surface area contributed by atoms with E-state index in [2.05, 4.69) is 0 Å². The van der Waals surface area contributed by atoms with Gasteiger partial charge in [-0.25, -0.2) is 4.39 Å². The minimum atomic E-state index is -0.430. The predicted molar refractivity (Wildman–Crippen MR) is 56.8 cm³/mol. The molecule has 0 heterocycles. The summed E-state index contributed by atoms with van der Waals surface area (Å²) in [5, 5.41) is 0. The zero-order valence-electron chi connectivity index (χ0n) is 9.05. The summed E-state index contributed by atoms with van der Waals surface area (Å²) >= 11 is 0. The first-order chi connectivity index (χ1) is 7.17. The number of Topliss-reactive ketones (excluding diaryl/α,β-unsaturated/α-hetero) is 1. The van der Waals surface area contributed by atoms with Crippen LogP contribution in [-0.2, 0) is 0 Å². The van der Waals surface area contributed by atoms with Gasteiger partial charge in [0.05, 0.1) is 6.61 Å². The van der Waals surface area contributed by atoms with Crippen molar-refractivity contribution in [1.29, 1.82) is 0 Å². The fourth-order valence-electron chi connectivity index (χ4n) is 1.23. The van der Waals surface area contributed by atoms with Gasteiger partial charge in [0.25, 0.3) is 0 Å². The van der Waals surface area contributed by atoms with Crippen molar-refractivity contribution < 1.29 is 13.9 Å². The second kappa shape index (κ2) is 5.49. The van der Waals surface area contributed by atoms with Gasteiger partial charge in [-0.15, -0.1) is 0 Å². The molecule has 1 aromatic rings. The molecular weight excluding hydrogens is 195 g/mol. The van der Waals surface area contributed by atoms with E-state index in [0.717, 1.165) is 6.42 Å². The van der Waals surface area contributed by atoms with E-state index in [1.165, 1.54) is 12.1 Å². The molecule has 0 aliphatic heterocycles. The Morgan fingerprint density at radius 3 is 2.67 bits per heavy atom. The molecule has 0 aromatic heterocycles. The topological polar surface area (TPSA) is 26.3 Å². The average Bonchev–Trinajstić information content (AvgIpc) is 2.24. The molecule has 3 heteroatoms. The third kappa shape index (κ3) is 3.35. The number of benzene rings is 1. The quantitative estimate of drug-likeness (QED) is 0.697. The zero-order chi connectivity index (χ0) is 11.3. The molecule has 15 heavy (non-hydrogen) atoms. The lowest BCUT2D eigenvalue weighted by molar-refractivity contribution is 0.0987. The lowest BCUT2D eigenvalue weighted by atomic mass is 10.1. The Morgan fingerprint density at radius 2 is 2.07 bits per heavy atom. The number of carbonyl (C=O) groups is 1. The van der Waals surface area contributed by atoms with E-state index in [9.17, 15) is 9.18 Å². The second-order valence-corrected chi connectivity index (χ2v) is 3.30. The Morgan fingerprint density at radius 1 is 1.33 bits per heavy atom. The molecule has 1 aromatic carbocycles. The van der Waals surface area contributed by atoms with Crippen LogP contribution >= 0.6 is 0 Å². The van der Waals surface area contributed by atoms with Crippen LogP contribution in [-0.4, -0.2) is 12.4 Å². The van der Waals surface area contributed by atoms with E-state index in [0.29, 0.717) is 24.3 Å². The number of rotatable bonds is 5. The Balaban J connectivity index is 2.89. The molecular formula is C12H15FO2. The van der Waals surface area contributed by atoms with Crippen LogP contribution in [0.4, 0.5) is 4.39 Å². The van der Waals surface area contributed by atoms with Crippen molar-refractivity contribution in [2.45, 2.75) is 26.7 Å². The highest BCUT2D eigenvalue weighted by Crippen LogP contribution is 2.17. The SMILES string of the molecule is CCCOc1cc(F)cc(C(=O)CC)c1. The molecule has 0 spiro atoms. The Kier molecular flexibility index (Phi) is 4.28. The van der Waals surface area contributed by atoms with Crippen molar-refractivity contribution in [2.24, 2.45) is 0 Å². The first-order valence-corrected chi connectivity index (χ1v) is 5.14. The summed E-state index contributed by atoms with van der Waals surface area (Å²) in [4.78, 5) is 11.4. The van der Waals surface area contributed by atoms with Gasteiger partial charge in [-0.05, 0) is 18.6 Å². The van der Waals surface area contributed by atoms with Crippen molar-refractivity contribution in [3.05, 3.63) is 29.6 Å². The predicted octanol–water partition coefficient (Wildman–Crippen LogP) is 3.21. The van der Waals surface area contributed by atoms with Gasteiger partial charge in [0.15, 0.2) is 5.78 Å². The number of ether oxygens (including phenoxy) is 1. The summed E-state index contributed by atoms with van der Waals surface area (Å²) < 4.78 is 18.4. The number of ketones is 1. The van der Waals surface area contributed by atoms with Crippen molar-refractivity contribution >= 4 is 5.78 Å². The lowest BCUT2D eigenvalue weighted by Gasteiger charge is -2.06. The van der Waals surface area contributed by atoms with Crippen LogP contribution < -0.4 is 4.74 Å². The smallest absolute Gasteiger partial charge is 0.162 e. The van der Waals surface area contributed by atoms with E-state index in [1.54, 1.807) is 13.0 Å². The average molecular weight is 210 g/mol. The van der Waals surface area contributed by atoms with Gasteiger partial charge in [0.2, 0.25) is 0 Å². The van der Waals surface area contributed by atoms with Gasteiger partial charge in [0.1, 0.15) is 11.6 Å². The second-order valence-electron chi connectivity index (χ2n) is 3.30. The molecule has 0 aliphatic carbocycles. The minimum absolute atomic E-state index is 0.0733. The normalized spacial score (nSPS) is 10.1. The first-order valence-electron chi connectivity index (χ1n) is 5.14. The van der Waals surface area contributed by atoms with Crippen molar-refractivity contribution in [1.82, 2.24) is 0 Å². The highest BCUT2D eigenvalue weighted by molar-refractivity contribution is 5.96. The maximum absolute atomic E-state index is 13.1. The highest BCUT2D eigenvalue weighted by Gasteiger charge is 2.07. The summed E-state index contributed by atoms with van der Waals surface area (Å²) in [5.41, 5.74) is 0.378. The fraction of sp³-hybridized carbons (Fsp3) is 0.417. The summed E-state index contributed by atoms with van der Waals surface area (Å²) in [5.74, 6) is -0.0788. The molecule has 0 atom stereocenters. The van der Waals surface area contributed by atoms with Crippen molar-refractivity contribution in [3.63, 3.8) is 0 Å². The van der Waals surface area contributed by atoms with Gasteiger partial charge in [-0.1, -0.05) is 13.8 Å². The maximum atomic E-state index is 13.1. The number of halogens is 1. The van der Waals surface area contributed by atoms with Gasteiger partial charge in [-0.3, -0.25) is 4.79 Å². The van der Waals surface area contributed by atoms with Crippen LogP contribution in [0.25, 0.3) is 0 Å². The first kappa shape index (κ1) is 11.7. The van der Waals surface area contributed by atoms with Crippen LogP contribution in [0.2, 0.25) is 0 Å². The lowest BCUT2D eigenvalue weighted by Crippen LogP contribution is -2.00. The van der Waals surface area contributed by atoms with Crippen LogP contribution in [0.1, 0.15) is 37.0 Å². The number of hydrogen-bond acceptors (Lipinski definition) is 2. The molecule has 0 fully saturated rings. The third-order valence-corrected chi connectivity index (χ3v) is 1.99. The van der Waals surface area contributed by atoms with Crippen LogP contribution in [0, 0.1) is 5.82 Å². The van der Waals surface area contributed by atoms with Gasteiger partial charge >= 0.3 is 0 Å². The Labute approximate surface area is 89.1 Å². The van der Waals surface area contributed by atoms with E-state index in [1.807, 2.05) is 6.92 Å². The van der Waals surface area contributed by atoms with Crippen LogP contribution in [0.15, 0.2) is 18.2 Å². The molecule has 0 unspecified atom stereocenters. The van der Waals surface area contributed by atoms with Crippen molar-refractivity contribution in [3.8, 4) is 5.75 Å². The number of hydrogen-bond donors (Lipinski definition) is 0. The molecule has 0 amide bonds. The molecule has 0 aliphatic rings. The molecule has 82 valence electrons. The van der Waals surface area contributed by atoms with E-state index in [4.69, 9.17) is 4.74 Å². The molecule has 1 rings (SSSR count). The van der Waals surface area contributed by atoms with E-state index < -0.39 is 5.82 Å². The molecule has 2 nitrogen and oxygen atoms in total. The van der Waals surface area contributed by atoms with Crippen molar-refractivity contribution in [2.75, 3.05) is 6.61 Å². The van der Waals surface area contributed by atoms with Gasteiger partial charge in [-0.2, -0.15) is 0 Å².